The van der Waals surface area contributed by atoms with Crippen LogP contribution in [0.1, 0.15) is 64.5 Å². The molecule has 2 atom stereocenters. The van der Waals surface area contributed by atoms with Crippen molar-refractivity contribution in [1.82, 2.24) is 0 Å². The molecule has 0 aromatic heterocycles. The maximum atomic E-state index is 15.1. The predicted molar refractivity (Wildman–Crippen MR) is 106 cm³/mol. The van der Waals surface area contributed by atoms with Crippen LogP contribution in [-0.4, -0.2) is 31.9 Å². The Labute approximate surface area is 166 Å². The van der Waals surface area contributed by atoms with Crippen LogP contribution in [0.15, 0.2) is 12.1 Å². The molecule has 2 unspecified atom stereocenters. The van der Waals surface area contributed by atoms with Gasteiger partial charge in [0.2, 0.25) is 0 Å². The van der Waals surface area contributed by atoms with Crippen LogP contribution >= 0.6 is 0 Å². The van der Waals surface area contributed by atoms with Crippen LogP contribution in [-0.2, 0) is 14.3 Å². The highest BCUT2D eigenvalue weighted by atomic mass is 19.1. The fourth-order valence-corrected chi connectivity index (χ4v) is 3.59. The lowest BCUT2D eigenvalue weighted by molar-refractivity contribution is -0.145. The molecule has 152 valence electrons. The zero-order valence-corrected chi connectivity index (χ0v) is 17.6. The van der Waals surface area contributed by atoms with Crippen molar-refractivity contribution in [3.63, 3.8) is 0 Å². The molecule has 1 saturated carbocycles. The number of carbonyl (C=O) groups is 2. The zero-order chi connectivity index (χ0) is 21.1. The molecule has 1 fully saturated rings. The van der Waals surface area contributed by atoms with Gasteiger partial charge >= 0.3 is 0 Å². The number of hydrogen-bond donors (Lipinski definition) is 0. The van der Waals surface area contributed by atoms with Crippen LogP contribution in [0, 0.1) is 28.5 Å². The second-order valence-corrected chi connectivity index (χ2v) is 8.43. The van der Waals surface area contributed by atoms with E-state index in [2.05, 4.69) is 11.8 Å². The molecule has 1 aliphatic carbocycles. The molecular weight excluding hydrogens is 359 g/mol. The number of methoxy groups -OCH3 is 1. The number of halogens is 1. The molecule has 1 aliphatic rings. The third kappa shape index (κ3) is 4.12. The zero-order valence-electron chi connectivity index (χ0n) is 17.6. The van der Waals surface area contributed by atoms with Crippen molar-refractivity contribution in [3.8, 4) is 17.6 Å². The van der Waals surface area contributed by atoms with Crippen LogP contribution in [0.4, 0.5) is 4.39 Å². The van der Waals surface area contributed by atoms with Gasteiger partial charge in [0.1, 0.15) is 29.9 Å². The number of Topliss-reactive ketones (excluding diaryl/α,β-unsaturated/α-hetero) is 2. The Morgan fingerprint density at radius 2 is 1.93 bits per heavy atom. The summed E-state index contributed by atoms with van der Waals surface area (Å²) in [5.41, 5.74) is -0.637. The van der Waals surface area contributed by atoms with Gasteiger partial charge in [0.05, 0.1) is 6.61 Å². The number of rotatable bonds is 5. The van der Waals surface area contributed by atoms with E-state index in [1.165, 1.54) is 13.2 Å². The minimum Gasteiger partial charge on any atom is -0.491 e. The Balaban J connectivity index is 2.60. The first kappa shape index (κ1) is 22.1. The third-order valence-electron chi connectivity index (χ3n) is 5.85. The lowest BCUT2D eigenvalue weighted by Crippen LogP contribution is -2.48. The minimum atomic E-state index is -1.17. The summed E-state index contributed by atoms with van der Waals surface area (Å²) in [6, 6.07) is 2.85. The van der Waals surface area contributed by atoms with Crippen LogP contribution in [0.5, 0.6) is 5.75 Å². The second-order valence-electron chi connectivity index (χ2n) is 8.43. The normalized spacial score (nSPS) is 22.6. The van der Waals surface area contributed by atoms with E-state index in [-0.39, 0.29) is 41.3 Å². The van der Waals surface area contributed by atoms with E-state index in [1.807, 2.05) is 27.7 Å². The molecule has 1 aromatic rings. The molecule has 4 nitrogen and oxygen atoms in total. The predicted octanol–water partition coefficient (Wildman–Crippen LogP) is 4.29. The first-order valence-electron chi connectivity index (χ1n) is 9.51. The first-order valence-corrected chi connectivity index (χ1v) is 9.51. The number of ketones is 2. The molecule has 0 heterocycles. The van der Waals surface area contributed by atoms with Gasteiger partial charge < -0.3 is 9.47 Å². The largest absolute Gasteiger partial charge is 0.491 e. The van der Waals surface area contributed by atoms with Gasteiger partial charge in [0.15, 0.2) is 5.78 Å². The molecule has 0 bridgehead atoms. The lowest BCUT2D eigenvalue weighted by atomic mass is 9.56. The molecule has 0 amide bonds. The van der Waals surface area contributed by atoms with E-state index in [0.717, 1.165) is 0 Å². The molecule has 0 saturated heterocycles. The maximum absolute atomic E-state index is 15.1. The van der Waals surface area contributed by atoms with E-state index in [0.29, 0.717) is 18.6 Å². The fraction of sp³-hybridized carbons (Fsp3) is 0.565. The summed E-state index contributed by atoms with van der Waals surface area (Å²) in [5, 5.41) is 0. The van der Waals surface area contributed by atoms with Gasteiger partial charge in [-0.25, -0.2) is 4.39 Å². The molecule has 0 N–H and O–H groups in total. The molecule has 1 aromatic carbocycles. The number of ether oxygens (including phenoxy) is 2. The van der Waals surface area contributed by atoms with Crippen molar-refractivity contribution >= 4 is 11.6 Å². The van der Waals surface area contributed by atoms with Crippen LogP contribution in [0.25, 0.3) is 0 Å². The Bertz CT molecular complexity index is 825. The van der Waals surface area contributed by atoms with Gasteiger partial charge in [-0.3, -0.25) is 9.59 Å². The lowest BCUT2D eigenvalue weighted by Gasteiger charge is -2.45. The average molecular weight is 388 g/mol. The summed E-state index contributed by atoms with van der Waals surface area (Å²) in [4.78, 5) is 26.2. The summed E-state index contributed by atoms with van der Waals surface area (Å²) in [7, 11) is 1.53. The molecule has 28 heavy (non-hydrogen) atoms. The summed E-state index contributed by atoms with van der Waals surface area (Å²) >= 11 is 0. The maximum Gasteiger partial charge on any atom is 0.154 e. The van der Waals surface area contributed by atoms with Crippen LogP contribution in [0.3, 0.4) is 0 Å². The van der Waals surface area contributed by atoms with E-state index in [9.17, 15) is 9.59 Å². The second kappa shape index (κ2) is 8.45. The van der Waals surface area contributed by atoms with Gasteiger partial charge in [-0.1, -0.05) is 33.6 Å². The summed E-state index contributed by atoms with van der Waals surface area (Å²) < 4.78 is 25.8. The highest BCUT2D eigenvalue weighted by molar-refractivity contribution is 6.12. The van der Waals surface area contributed by atoms with Crippen molar-refractivity contribution in [2.75, 3.05) is 20.3 Å². The van der Waals surface area contributed by atoms with Gasteiger partial charge in [-0.05, 0) is 30.9 Å². The Morgan fingerprint density at radius 3 is 2.50 bits per heavy atom. The molecule has 0 aliphatic heterocycles. The molecule has 0 spiro atoms. The van der Waals surface area contributed by atoms with E-state index in [1.54, 1.807) is 13.0 Å². The molecular formula is C23H29FO4. The van der Waals surface area contributed by atoms with Crippen molar-refractivity contribution in [3.05, 3.63) is 29.1 Å². The standard InChI is InChI=1S/C23H29FO4/c1-7-8-15-13-16(24)19(18(14-15)28-12-11-27-6)20-17(25)9-10-23(5,21(20)26)22(2,3)4/h13-14,20H,9-12H2,1-6H3. The smallest absolute Gasteiger partial charge is 0.154 e. The van der Waals surface area contributed by atoms with Crippen molar-refractivity contribution in [2.24, 2.45) is 10.8 Å². The molecule has 5 heteroatoms. The van der Waals surface area contributed by atoms with Crippen LogP contribution < -0.4 is 4.74 Å². The molecule has 2 rings (SSSR count). The Morgan fingerprint density at radius 1 is 1.25 bits per heavy atom. The van der Waals surface area contributed by atoms with Crippen molar-refractivity contribution in [1.29, 1.82) is 0 Å². The number of hydrogen-bond acceptors (Lipinski definition) is 4. The van der Waals surface area contributed by atoms with Gasteiger partial charge in [0, 0.05) is 30.1 Å². The molecule has 0 radical (unpaired) electrons. The first-order chi connectivity index (χ1) is 13.1. The van der Waals surface area contributed by atoms with Crippen molar-refractivity contribution < 1.29 is 23.5 Å². The van der Waals surface area contributed by atoms with Crippen LogP contribution in [0.2, 0.25) is 0 Å². The minimum absolute atomic E-state index is 0.0166. The Hall–Kier alpha value is -2.19. The SMILES string of the molecule is CC#Cc1cc(F)c(C2C(=O)CCC(C)(C(C)(C)C)C2=O)c(OCCOC)c1. The van der Waals surface area contributed by atoms with Crippen molar-refractivity contribution in [2.45, 2.75) is 53.4 Å². The summed E-state index contributed by atoms with van der Waals surface area (Å²) in [6.45, 7) is 9.93. The highest BCUT2D eigenvalue weighted by Crippen LogP contribution is 2.51. The summed E-state index contributed by atoms with van der Waals surface area (Å²) in [5.74, 6) is 3.38. The van der Waals surface area contributed by atoms with E-state index >= 15 is 4.39 Å². The third-order valence-corrected chi connectivity index (χ3v) is 5.85. The highest BCUT2D eigenvalue weighted by Gasteiger charge is 2.53. The summed E-state index contributed by atoms with van der Waals surface area (Å²) in [6.07, 6.45) is 0.698. The van der Waals surface area contributed by atoms with Gasteiger partial charge in [-0.2, -0.15) is 0 Å². The number of benzene rings is 1. The van der Waals surface area contributed by atoms with E-state index < -0.39 is 17.2 Å². The monoisotopic (exact) mass is 388 g/mol. The number of carbonyl (C=O) groups excluding carboxylic acids is 2. The average Bonchev–Trinajstić information content (AvgIpc) is 2.60. The Kier molecular flexibility index (Phi) is 6.67. The van der Waals surface area contributed by atoms with Gasteiger partial charge in [-0.15, -0.1) is 5.92 Å². The topological polar surface area (TPSA) is 52.6 Å². The quantitative estimate of drug-likeness (QED) is 0.429. The van der Waals surface area contributed by atoms with Gasteiger partial charge in [0.25, 0.3) is 0 Å². The van der Waals surface area contributed by atoms with E-state index in [4.69, 9.17) is 9.47 Å². The fourth-order valence-electron chi connectivity index (χ4n) is 3.59.